The fraction of sp³-hybridized carbons (Fsp3) is 0.769. The number of aliphatic hydroxyl groups excluding tert-OH is 7. The van der Waals surface area contributed by atoms with Crippen molar-refractivity contribution in [2.45, 2.75) is 171 Å². The van der Waals surface area contributed by atoms with Gasteiger partial charge in [-0.05, 0) is 64.4 Å². The second-order valence-corrected chi connectivity index (χ2v) is 14.3. The molecule has 1 amide bonds. The Kier molecular flexibility index (Phi) is 20.8. The van der Waals surface area contributed by atoms with E-state index in [1.165, 1.54) is 17.5 Å². The van der Waals surface area contributed by atoms with E-state index in [-0.39, 0.29) is 12.0 Å². The maximum absolute atomic E-state index is 12.1. The van der Waals surface area contributed by atoms with E-state index in [0.717, 1.165) is 70.6 Å². The summed E-state index contributed by atoms with van der Waals surface area (Å²) >= 11 is 0. The molecule has 2 aliphatic heterocycles. The van der Waals surface area contributed by atoms with Gasteiger partial charge in [-0.1, -0.05) is 80.5 Å². The molecule has 0 aromatic heterocycles. The molecule has 0 saturated carbocycles. The molecule has 13 heteroatoms. The van der Waals surface area contributed by atoms with Crippen molar-refractivity contribution in [3.05, 3.63) is 47.5 Å². The highest BCUT2D eigenvalue weighted by Gasteiger charge is 2.51. The molecule has 0 bridgehead atoms. The normalized spacial score (nSPS) is 30.1. The molecule has 8 N–H and O–H groups in total. The fourth-order valence-corrected chi connectivity index (χ4v) is 6.49. The van der Waals surface area contributed by atoms with Gasteiger partial charge < -0.3 is 60.0 Å². The highest BCUT2D eigenvalue weighted by Crippen LogP contribution is 2.30. The van der Waals surface area contributed by atoms with Crippen LogP contribution in [0.1, 0.15) is 102 Å². The van der Waals surface area contributed by atoms with Crippen molar-refractivity contribution in [3.63, 3.8) is 0 Å². The third kappa shape index (κ3) is 15.0. The molecule has 2 saturated heterocycles. The summed E-state index contributed by atoms with van der Waals surface area (Å²) < 4.78 is 22.9. The molecule has 1 aromatic carbocycles. The highest BCUT2D eigenvalue weighted by molar-refractivity contribution is 5.75. The summed E-state index contributed by atoms with van der Waals surface area (Å²) in [6.07, 6.45) is 3.32. The van der Waals surface area contributed by atoms with Crippen LogP contribution in [0.25, 0.3) is 0 Å². The van der Waals surface area contributed by atoms with Gasteiger partial charge in [0.1, 0.15) is 48.8 Å². The molecule has 298 valence electrons. The average molecular weight is 740 g/mol. The van der Waals surface area contributed by atoms with Crippen molar-refractivity contribution in [1.82, 2.24) is 5.32 Å². The largest absolute Gasteiger partial charge is 0.394 e. The van der Waals surface area contributed by atoms with E-state index >= 15 is 0 Å². The number of allylic oxidation sites excluding steroid dienone is 2. The number of hydrogen-bond acceptors (Lipinski definition) is 12. The van der Waals surface area contributed by atoms with E-state index in [1.54, 1.807) is 0 Å². The Morgan fingerprint density at radius 2 is 1.31 bits per heavy atom. The van der Waals surface area contributed by atoms with E-state index in [1.807, 2.05) is 6.92 Å². The van der Waals surface area contributed by atoms with E-state index in [2.05, 4.69) is 48.7 Å². The molecule has 2 fully saturated rings. The monoisotopic (exact) mass is 739 g/mol. The van der Waals surface area contributed by atoms with Gasteiger partial charge in [-0.2, -0.15) is 0 Å². The summed E-state index contributed by atoms with van der Waals surface area (Å²) in [5.74, 6) is 0.141. The second-order valence-electron chi connectivity index (χ2n) is 14.3. The molecule has 2 aliphatic rings. The average Bonchev–Trinajstić information content (AvgIpc) is 3.13. The van der Waals surface area contributed by atoms with Crippen LogP contribution < -0.4 is 5.32 Å². The molecule has 52 heavy (non-hydrogen) atoms. The van der Waals surface area contributed by atoms with E-state index < -0.39 is 74.6 Å². The van der Waals surface area contributed by atoms with E-state index in [0.29, 0.717) is 19.4 Å². The predicted octanol–water partition coefficient (Wildman–Crippen LogP) is 2.31. The Balaban J connectivity index is 1.22. The first-order valence-corrected chi connectivity index (χ1v) is 19.3. The molecular formula is C39H65NO12. The first kappa shape index (κ1) is 44.4. The predicted molar refractivity (Wildman–Crippen MR) is 194 cm³/mol. The van der Waals surface area contributed by atoms with Gasteiger partial charge in [-0.15, -0.1) is 0 Å². The Morgan fingerprint density at radius 3 is 1.94 bits per heavy atom. The number of carbonyl (C=O) groups excluding carboxylic acids is 1. The van der Waals surface area contributed by atoms with Gasteiger partial charge in [0, 0.05) is 13.0 Å². The smallest absolute Gasteiger partial charge is 0.220 e. The summed E-state index contributed by atoms with van der Waals surface area (Å²) in [5.41, 5.74) is 2.49. The van der Waals surface area contributed by atoms with Crippen LogP contribution >= 0.6 is 0 Å². The zero-order chi connectivity index (χ0) is 37.9. The lowest BCUT2D eigenvalue weighted by Gasteiger charge is -2.46. The number of benzene rings is 1. The first-order valence-electron chi connectivity index (χ1n) is 19.3. The summed E-state index contributed by atoms with van der Waals surface area (Å²) in [4.78, 5) is 12.1. The van der Waals surface area contributed by atoms with Gasteiger partial charge in [0.05, 0.1) is 19.3 Å². The first-order chi connectivity index (χ1) is 25.0. The Bertz CT molecular complexity index is 1140. The molecule has 11 atom stereocenters. The number of ether oxygens (including phenoxy) is 4. The molecule has 0 aliphatic carbocycles. The van der Waals surface area contributed by atoms with Gasteiger partial charge in [0.25, 0.3) is 0 Å². The van der Waals surface area contributed by atoms with Crippen LogP contribution in [0.4, 0.5) is 0 Å². The fourth-order valence-electron chi connectivity index (χ4n) is 6.49. The van der Waals surface area contributed by atoms with Crippen LogP contribution in [0.15, 0.2) is 36.4 Å². The van der Waals surface area contributed by atoms with Crippen molar-refractivity contribution in [2.24, 2.45) is 0 Å². The van der Waals surface area contributed by atoms with Gasteiger partial charge >= 0.3 is 0 Å². The van der Waals surface area contributed by atoms with Crippen LogP contribution in [-0.2, 0) is 30.2 Å². The van der Waals surface area contributed by atoms with Gasteiger partial charge in [-0.3, -0.25) is 4.79 Å². The maximum Gasteiger partial charge on any atom is 0.220 e. The number of unbranched alkanes of at least 4 members (excludes halogenated alkanes) is 9. The minimum atomic E-state index is -1.71. The number of carbonyl (C=O) groups is 1. The van der Waals surface area contributed by atoms with Crippen molar-refractivity contribution in [1.29, 1.82) is 0 Å². The lowest BCUT2D eigenvalue weighted by molar-refractivity contribution is -0.371. The molecule has 3 rings (SSSR count). The quantitative estimate of drug-likeness (QED) is 0.0568. The molecule has 0 spiro atoms. The van der Waals surface area contributed by atoms with Gasteiger partial charge in [0.2, 0.25) is 5.91 Å². The van der Waals surface area contributed by atoms with Crippen LogP contribution in [0.2, 0.25) is 0 Å². The number of amides is 1. The van der Waals surface area contributed by atoms with Gasteiger partial charge in [0.15, 0.2) is 12.6 Å². The number of rotatable bonds is 24. The molecular weight excluding hydrogens is 674 g/mol. The van der Waals surface area contributed by atoms with Crippen molar-refractivity contribution < 1.29 is 59.5 Å². The summed E-state index contributed by atoms with van der Waals surface area (Å²) in [6, 6.07) is 8.42. The minimum Gasteiger partial charge on any atom is -0.394 e. The Labute approximate surface area is 308 Å². The van der Waals surface area contributed by atoms with Crippen LogP contribution in [0.3, 0.4) is 0 Å². The highest BCUT2D eigenvalue weighted by atomic mass is 16.8. The standard InChI is InChI=1S/C39H65NO12/c1-26-18-20-28(21-19-26)22-23-40-31(43)17-15-13-11-9-7-5-3-4-6-8-10-12-14-16-27(2)49-39-37(35(47)33(45)30(25-42)51-39)52-38-36(48)34(46)32(44)29(24-41)50-38/h3-4,18-21,27,29-30,32-39,41-42,44-48H,5-17,22-25H2,1-2H3,(H,40,43)/b4-3-/t27?,29-,30-,32-,33-,34+,35+,36-,37-,38+,39-/m1/s1. The second kappa shape index (κ2) is 24.4. The van der Waals surface area contributed by atoms with E-state index in [9.17, 15) is 40.5 Å². The number of aryl methyl sites for hydroxylation is 1. The molecule has 13 nitrogen and oxygen atoms in total. The third-order valence-electron chi connectivity index (χ3n) is 9.86. The number of aliphatic hydroxyl groups is 7. The maximum atomic E-state index is 12.1. The van der Waals surface area contributed by atoms with Crippen molar-refractivity contribution in [3.8, 4) is 0 Å². The van der Waals surface area contributed by atoms with Crippen LogP contribution in [-0.4, -0.2) is 129 Å². The SMILES string of the molecule is Cc1ccc(CCNC(=O)CCCCCCC/C=C\CCCCCCC(C)O[C@@H]2O[C@H](CO)[C@@H](O)[C@H](O)[C@H]2O[C@@H]2O[C@H](CO)[C@@H](O)[C@H](O)[C@H]2O)cc1. The topological polar surface area (TPSA) is 208 Å². The van der Waals surface area contributed by atoms with Crippen molar-refractivity contribution >= 4 is 5.91 Å². The minimum absolute atomic E-state index is 0.141. The van der Waals surface area contributed by atoms with Gasteiger partial charge in [-0.25, -0.2) is 0 Å². The number of nitrogens with one attached hydrogen (secondary N) is 1. The van der Waals surface area contributed by atoms with E-state index in [4.69, 9.17) is 18.9 Å². The third-order valence-corrected chi connectivity index (χ3v) is 9.86. The summed E-state index contributed by atoms with van der Waals surface area (Å²) in [6.45, 7) is 3.36. The Morgan fingerprint density at radius 1 is 0.750 bits per heavy atom. The zero-order valence-electron chi connectivity index (χ0n) is 31.0. The Hall–Kier alpha value is -2.01. The lowest BCUT2D eigenvalue weighted by atomic mass is 9.97. The zero-order valence-corrected chi connectivity index (χ0v) is 31.0. The molecule has 1 unspecified atom stereocenters. The lowest BCUT2D eigenvalue weighted by Crippen LogP contribution is -2.64. The van der Waals surface area contributed by atoms with Crippen molar-refractivity contribution in [2.75, 3.05) is 19.8 Å². The molecule has 2 heterocycles. The molecule has 0 radical (unpaired) electrons. The van der Waals surface area contributed by atoms with Crippen LogP contribution in [0.5, 0.6) is 0 Å². The molecule has 1 aromatic rings. The summed E-state index contributed by atoms with van der Waals surface area (Å²) in [7, 11) is 0. The summed E-state index contributed by atoms with van der Waals surface area (Å²) in [5, 5.41) is 74.0. The number of hydrogen-bond donors (Lipinski definition) is 8. The van der Waals surface area contributed by atoms with Crippen LogP contribution in [0, 0.1) is 6.92 Å².